The molecular weight excluding hydrogens is 356 g/mol. The van der Waals surface area contributed by atoms with Crippen molar-refractivity contribution >= 4 is 28.0 Å². The summed E-state index contributed by atoms with van der Waals surface area (Å²) >= 11 is 1.42. The highest BCUT2D eigenvalue weighted by Crippen LogP contribution is 2.27. The van der Waals surface area contributed by atoms with E-state index in [0.29, 0.717) is 16.5 Å². The number of nitrogens with one attached hydrogen (secondary N) is 1. The highest BCUT2D eigenvalue weighted by atomic mass is 32.1. The van der Waals surface area contributed by atoms with Gasteiger partial charge >= 0.3 is 0 Å². The number of hydrogen-bond donors (Lipinski definition) is 1. The molecule has 0 aliphatic heterocycles. The zero-order chi connectivity index (χ0) is 19.1. The van der Waals surface area contributed by atoms with Crippen LogP contribution in [0.15, 0.2) is 41.9 Å². The highest BCUT2D eigenvalue weighted by molar-refractivity contribution is 7.14. The van der Waals surface area contributed by atoms with Crippen LogP contribution in [0.25, 0.3) is 16.9 Å². The highest BCUT2D eigenvalue weighted by Gasteiger charge is 2.18. The number of pyridine rings is 1. The lowest BCUT2D eigenvalue weighted by Crippen LogP contribution is -2.15. The lowest BCUT2D eigenvalue weighted by molar-refractivity contribution is 0.102. The van der Waals surface area contributed by atoms with Crippen LogP contribution in [-0.2, 0) is 0 Å². The number of aromatic nitrogens is 3. The van der Waals surface area contributed by atoms with Crippen LogP contribution in [0.4, 0.5) is 5.13 Å². The van der Waals surface area contributed by atoms with Crippen molar-refractivity contribution in [2.75, 3.05) is 5.32 Å². The molecular formula is C21H20N4OS. The molecule has 136 valence electrons. The Labute approximate surface area is 161 Å². The van der Waals surface area contributed by atoms with E-state index in [4.69, 9.17) is 0 Å². The van der Waals surface area contributed by atoms with E-state index < -0.39 is 0 Å². The SMILES string of the molecule is Cc1ccn2c(C(=O)Nc3nc(-c4ccc(C)c(C)c4)cs3)c(C)nc2c1. The molecule has 0 aliphatic rings. The average molecular weight is 376 g/mol. The number of hydrogen-bond acceptors (Lipinski definition) is 4. The van der Waals surface area contributed by atoms with Gasteiger partial charge in [0.1, 0.15) is 11.3 Å². The first-order valence-electron chi connectivity index (χ1n) is 8.72. The van der Waals surface area contributed by atoms with E-state index in [2.05, 4.69) is 47.3 Å². The predicted molar refractivity (Wildman–Crippen MR) is 110 cm³/mol. The molecule has 4 rings (SSSR count). The first-order valence-corrected chi connectivity index (χ1v) is 9.60. The van der Waals surface area contributed by atoms with E-state index in [1.807, 2.05) is 42.0 Å². The van der Waals surface area contributed by atoms with Gasteiger partial charge in [-0.25, -0.2) is 9.97 Å². The third-order valence-electron chi connectivity index (χ3n) is 4.70. The maximum Gasteiger partial charge on any atom is 0.276 e. The molecule has 0 unspecified atom stereocenters. The number of amides is 1. The number of aryl methyl sites for hydroxylation is 4. The Morgan fingerprint density at radius 2 is 1.85 bits per heavy atom. The third kappa shape index (κ3) is 3.24. The van der Waals surface area contributed by atoms with E-state index in [-0.39, 0.29) is 5.91 Å². The Kier molecular flexibility index (Phi) is 4.28. The van der Waals surface area contributed by atoms with Crippen LogP contribution in [0.5, 0.6) is 0 Å². The molecule has 6 heteroatoms. The third-order valence-corrected chi connectivity index (χ3v) is 5.46. The van der Waals surface area contributed by atoms with Crippen molar-refractivity contribution in [3.63, 3.8) is 0 Å². The minimum Gasteiger partial charge on any atom is -0.296 e. The van der Waals surface area contributed by atoms with Gasteiger partial charge in [-0.3, -0.25) is 14.5 Å². The van der Waals surface area contributed by atoms with Gasteiger partial charge in [0.25, 0.3) is 5.91 Å². The van der Waals surface area contributed by atoms with Gasteiger partial charge in [-0.1, -0.05) is 12.1 Å². The molecule has 4 aromatic rings. The topological polar surface area (TPSA) is 59.3 Å². The number of anilines is 1. The molecule has 27 heavy (non-hydrogen) atoms. The van der Waals surface area contributed by atoms with Crippen molar-refractivity contribution < 1.29 is 4.79 Å². The Morgan fingerprint density at radius 3 is 2.63 bits per heavy atom. The standard InChI is InChI=1S/C21H20N4OS/c1-12-7-8-25-18(9-12)22-15(4)19(25)20(26)24-21-23-17(11-27-21)16-6-5-13(2)14(3)10-16/h5-11H,1-4H3,(H,23,24,26). The van der Waals surface area contributed by atoms with Crippen LogP contribution in [0, 0.1) is 27.7 Å². The Bertz CT molecular complexity index is 1170. The average Bonchev–Trinajstić information content (AvgIpc) is 3.20. The van der Waals surface area contributed by atoms with E-state index in [1.54, 1.807) is 0 Å². The number of carbonyl (C=O) groups is 1. The largest absolute Gasteiger partial charge is 0.296 e. The van der Waals surface area contributed by atoms with Crippen LogP contribution < -0.4 is 5.32 Å². The van der Waals surface area contributed by atoms with Crippen molar-refractivity contribution in [3.8, 4) is 11.3 Å². The molecule has 0 aliphatic carbocycles. The summed E-state index contributed by atoms with van der Waals surface area (Å²) in [7, 11) is 0. The van der Waals surface area contributed by atoms with Crippen LogP contribution in [0.1, 0.15) is 32.9 Å². The molecule has 0 radical (unpaired) electrons. The summed E-state index contributed by atoms with van der Waals surface area (Å²) < 4.78 is 1.81. The fourth-order valence-corrected chi connectivity index (χ4v) is 3.77. The zero-order valence-corrected chi connectivity index (χ0v) is 16.5. The van der Waals surface area contributed by atoms with Crippen LogP contribution in [0.3, 0.4) is 0 Å². The molecule has 1 aromatic carbocycles. The molecule has 5 nitrogen and oxygen atoms in total. The molecule has 1 N–H and O–H groups in total. The van der Waals surface area contributed by atoms with Crippen LogP contribution in [0.2, 0.25) is 0 Å². The van der Waals surface area contributed by atoms with E-state index >= 15 is 0 Å². The number of rotatable bonds is 3. The Balaban J connectivity index is 1.62. The van der Waals surface area contributed by atoms with Gasteiger partial charge in [0.2, 0.25) is 0 Å². The number of thiazole rings is 1. The van der Waals surface area contributed by atoms with Gasteiger partial charge in [-0.2, -0.15) is 0 Å². The summed E-state index contributed by atoms with van der Waals surface area (Å²) in [6.45, 7) is 8.03. The smallest absolute Gasteiger partial charge is 0.276 e. The van der Waals surface area contributed by atoms with E-state index in [9.17, 15) is 4.79 Å². The first kappa shape index (κ1) is 17.4. The Morgan fingerprint density at radius 1 is 1.04 bits per heavy atom. The first-order chi connectivity index (χ1) is 12.9. The second-order valence-electron chi connectivity index (χ2n) is 6.77. The van der Waals surface area contributed by atoms with Gasteiger partial charge in [-0.15, -0.1) is 11.3 Å². The van der Waals surface area contributed by atoms with Crippen molar-refractivity contribution in [2.45, 2.75) is 27.7 Å². The number of carbonyl (C=O) groups excluding carboxylic acids is 1. The molecule has 0 saturated heterocycles. The van der Waals surface area contributed by atoms with Gasteiger partial charge in [0, 0.05) is 17.1 Å². The van der Waals surface area contributed by atoms with Crippen molar-refractivity contribution in [2.24, 2.45) is 0 Å². The van der Waals surface area contributed by atoms with Crippen LogP contribution in [-0.4, -0.2) is 20.3 Å². The maximum atomic E-state index is 12.8. The fourth-order valence-electron chi connectivity index (χ4n) is 3.06. The molecule has 3 heterocycles. The predicted octanol–water partition coefficient (Wildman–Crippen LogP) is 4.94. The van der Waals surface area contributed by atoms with Gasteiger partial charge in [0.05, 0.1) is 11.4 Å². The fraction of sp³-hybridized carbons (Fsp3) is 0.190. The van der Waals surface area contributed by atoms with Crippen molar-refractivity contribution in [3.05, 3.63) is 70.0 Å². The lowest BCUT2D eigenvalue weighted by Gasteiger charge is -2.04. The lowest BCUT2D eigenvalue weighted by atomic mass is 10.1. The molecule has 0 saturated carbocycles. The zero-order valence-electron chi connectivity index (χ0n) is 15.7. The second-order valence-corrected chi connectivity index (χ2v) is 7.63. The molecule has 0 bridgehead atoms. The number of fused-ring (bicyclic) bond motifs is 1. The maximum absolute atomic E-state index is 12.8. The Hall–Kier alpha value is -2.99. The van der Waals surface area contributed by atoms with E-state index in [1.165, 1.54) is 22.5 Å². The van der Waals surface area contributed by atoms with Crippen molar-refractivity contribution in [1.82, 2.24) is 14.4 Å². The van der Waals surface area contributed by atoms with Gasteiger partial charge in [-0.05, 0) is 62.6 Å². The van der Waals surface area contributed by atoms with Gasteiger partial charge in [0.15, 0.2) is 5.13 Å². The minimum atomic E-state index is -0.204. The molecule has 0 spiro atoms. The number of nitrogens with zero attached hydrogens (tertiary/aromatic N) is 3. The van der Waals surface area contributed by atoms with Crippen LogP contribution >= 0.6 is 11.3 Å². The van der Waals surface area contributed by atoms with Gasteiger partial charge < -0.3 is 0 Å². The van der Waals surface area contributed by atoms with E-state index in [0.717, 1.165) is 22.5 Å². The normalized spacial score (nSPS) is 11.1. The summed E-state index contributed by atoms with van der Waals surface area (Å²) in [4.78, 5) is 21.9. The molecule has 0 atom stereocenters. The molecule has 1 amide bonds. The summed E-state index contributed by atoms with van der Waals surface area (Å²) in [5.74, 6) is -0.204. The second kappa shape index (κ2) is 6.63. The monoisotopic (exact) mass is 376 g/mol. The molecule has 3 aromatic heterocycles. The van der Waals surface area contributed by atoms with Crippen molar-refractivity contribution in [1.29, 1.82) is 0 Å². The minimum absolute atomic E-state index is 0.204. The quantitative estimate of drug-likeness (QED) is 0.551. The summed E-state index contributed by atoms with van der Waals surface area (Å²) in [6.07, 6.45) is 1.88. The number of benzene rings is 1. The summed E-state index contributed by atoms with van der Waals surface area (Å²) in [5, 5.41) is 5.46. The molecule has 0 fully saturated rings. The number of imidazole rings is 1. The summed E-state index contributed by atoms with van der Waals surface area (Å²) in [5.41, 5.74) is 7.51. The summed E-state index contributed by atoms with van der Waals surface area (Å²) in [6, 6.07) is 10.2.